The van der Waals surface area contributed by atoms with Crippen molar-refractivity contribution in [1.29, 1.82) is 0 Å². The summed E-state index contributed by atoms with van der Waals surface area (Å²) in [5.41, 5.74) is 0. The zero-order chi connectivity index (χ0) is 10.7. The van der Waals surface area contributed by atoms with Gasteiger partial charge in [-0.15, -0.1) is 11.3 Å². The highest BCUT2D eigenvalue weighted by Gasteiger charge is 2.31. The number of aliphatic hydroxyl groups is 2. The van der Waals surface area contributed by atoms with Crippen LogP contribution in [-0.2, 0) is 5.79 Å². The van der Waals surface area contributed by atoms with Gasteiger partial charge in [0.1, 0.15) is 0 Å². The topological polar surface area (TPSA) is 40.5 Å². The molecule has 1 aliphatic carbocycles. The van der Waals surface area contributed by atoms with Gasteiger partial charge in [-0.25, -0.2) is 0 Å². The van der Waals surface area contributed by atoms with E-state index in [0.717, 1.165) is 12.8 Å². The second-order valence-corrected chi connectivity index (χ2v) is 5.22. The fourth-order valence-corrected chi connectivity index (χ4v) is 2.90. The molecule has 1 heterocycles. The summed E-state index contributed by atoms with van der Waals surface area (Å²) in [4.78, 5) is 0.619. The van der Waals surface area contributed by atoms with Gasteiger partial charge in [-0.05, 0) is 30.2 Å². The molecule has 2 N–H and O–H groups in total. The van der Waals surface area contributed by atoms with Gasteiger partial charge in [0.2, 0.25) is 5.79 Å². The molecule has 0 aromatic carbocycles. The SMILES string of the molecule is OC(O)([CH]C1CCCCC1)c1cccs1. The van der Waals surface area contributed by atoms with E-state index in [2.05, 4.69) is 0 Å². The average molecular weight is 225 g/mol. The van der Waals surface area contributed by atoms with Gasteiger partial charge >= 0.3 is 0 Å². The lowest BCUT2D eigenvalue weighted by Gasteiger charge is -2.28. The van der Waals surface area contributed by atoms with Gasteiger partial charge in [0.25, 0.3) is 0 Å². The highest BCUT2D eigenvalue weighted by Crippen LogP contribution is 2.34. The van der Waals surface area contributed by atoms with E-state index in [1.54, 1.807) is 12.5 Å². The van der Waals surface area contributed by atoms with Crippen molar-refractivity contribution in [2.75, 3.05) is 0 Å². The molecule has 0 saturated heterocycles. The van der Waals surface area contributed by atoms with Gasteiger partial charge in [-0.2, -0.15) is 0 Å². The Hall–Kier alpha value is -0.380. The number of hydrogen-bond acceptors (Lipinski definition) is 3. The van der Waals surface area contributed by atoms with Crippen molar-refractivity contribution in [3.8, 4) is 0 Å². The predicted molar refractivity (Wildman–Crippen MR) is 61.3 cm³/mol. The Bertz CT molecular complexity index is 287. The van der Waals surface area contributed by atoms with Crippen molar-refractivity contribution in [1.82, 2.24) is 0 Å². The first-order valence-corrected chi connectivity index (χ1v) is 6.41. The van der Waals surface area contributed by atoms with Crippen molar-refractivity contribution < 1.29 is 10.2 Å². The first-order valence-electron chi connectivity index (χ1n) is 5.53. The summed E-state index contributed by atoms with van der Waals surface area (Å²) < 4.78 is 0. The minimum atomic E-state index is -1.73. The first kappa shape index (κ1) is 11.1. The van der Waals surface area contributed by atoms with E-state index in [0.29, 0.717) is 10.8 Å². The predicted octanol–water partition coefficient (Wildman–Crippen LogP) is 2.67. The second kappa shape index (κ2) is 4.64. The standard InChI is InChI=1S/C12H17O2S/c13-12(14,11-7-4-8-15-11)9-10-5-2-1-3-6-10/h4,7-10,13-14H,1-3,5-6H2. The summed E-state index contributed by atoms with van der Waals surface area (Å²) in [6.07, 6.45) is 7.59. The molecular weight excluding hydrogens is 208 g/mol. The zero-order valence-corrected chi connectivity index (χ0v) is 9.54. The van der Waals surface area contributed by atoms with Crippen LogP contribution < -0.4 is 0 Å². The minimum absolute atomic E-state index is 0.357. The molecule has 2 nitrogen and oxygen atoms in total. The van der Waals surface area contributed by atoms with Crippen molar-refractivity contribution in [3.63, 3.8) is 0 Å². The third kappa shape index (κ3) is 2.80. The molecule has 1 saturated carbocycles. The van der Waals surface area contributed by atoms with Crippen molar-refractivity contribution in [2.24, 2.45) is 5.92 Å². The Labute approximate surface area is 94.6 Å². The third-order valence-electron chi connectivity index (χ3n) is 3.00. The number of hydrogen-bond donors (Lipinski definition) is 2. The van der Waals surface area contributed by atoms with E-state index >= 15 is 0 Å². The minimum Gasteiger partial charge on any atom is -0.361 e. The molecule has 0 atom stereocenters. The molecule has 1 aromatic heterocycles. The van der Waals surface area contributed by atoms with Crippen LogP contribution in [0, 0.1) is 12.3 Å². The first-order chi connectivity index (χ1) is 7.18. The summed E-state index contributed by atoms with van der Waals surface area (Å²) in [7, 11) is 0. The summed E-state index contributed by atoms with van der Waals surface area (Å²) in [6.45, 7) is 0. The quantitative estimate of drug-likeness (QED) is 0.776. The Balaban J connectivity index is 1.97. The van der Waals surface area contributed by atoms with E-state index < -0.39 is 5.79 Å². The molecule has 1 aliphatic rings. The van der Waals surface area contributed by atoms with Gasteiger partial charge < -0.3 is 10.2 Å². The van der Waals surface area contributed by atoms with Gasteiger partial charge in [0.15, 0.2) is 0 Å². The van der Waals surface area contributed by atoms with E-state index in [-0.39, 0.29) is 0 Å². The molecule has 0 amide bonds. The Morgan fingerprint density at radius 2 is 2.00 bits per heavy atom. The largest absolute Gasteiger partial charge is 0.361 e. The molecule has 1 aromatic rings. The lowest BCUT2D eigenvalue weighted by atomic mass is 9.84. The monoisotopic (exact) mass is 225 g/mol. The van der Waals surface area contributed by atoms with Gasteiger partial charge in [-0.3, -0.25) is 0 Å². The highest BCUT2D eigenvalue weighted by molar-refractivity contribution is 7.10. The summed E-state index contributed by atoms with van der Waals surface area (Å²) in [6, 6.07) is 3.61. The molecule has 0 spiro atoms. The Kier molecular flexibility index (Phi) is 3.44. The molecule has 0 aliphatic heterocycles. The maximum atomic E-state index is 9.94. The number of thiophene rings is 1. The van der Waals surface area contributed by atoms with Crippen LogP contribution in [0.1, 0.15) is 37.0 Å². The van der Waals surface area contributed by atoms with Crippen LogP contribution >= 0.6 is 11.3 Å². The van der Waals surface area contributed by atoms with Crippen LogP contribution in [0.25, 0.3) is 0 Å². The van der Waals surface area contributed by atoms with Gasteiger partial charge in [-0.1, -0.05) is 25.3 Å². The summed E-state index contributed by atoms with van der Waals surface area (Å²) in [5.74, 6) is -1.37. The molecule has 0 unspecified atom stereocenters. The molecule has 15 heavy (non-hydrogen) atoms. The molecule has 3 heteroatoms. The summed E-state index contributed by atoms with van der Waals surface area (Å²) >= 11 is 1.39. The molecule has 1 fully saturated rings. The zero-order valence-electron chi connectivity index (χ0n) is 8.72. The van der Waals surface area contributed by atoms with Crippen molar-refractivity contribution in [2.45, 2.75) is 37.9 Å². The average Bonchev–Trinajstić information content (AvgIpc) is 2.71. The van der Waals surface area contributed by atoms with Gasteiger partial charge in [0.05, 0.1) is 4.88 Å². The van der Waals surface area contributed by atoms with Crippen LogP contribution in [0.5, 0.6) is 0 Å². The van der Waals surface area contributed by atoms with E-state index in [9.17, 15) is 10.2 Å². The lowest BCUT2D eigenvalue weighted by molar-refractivity contribution is -0.144. The van der Waals surface area contributed by atoms with E-state index in [4.69, 9.17) is 0 Å². The summed E-state index contributed by atoms with van der Waals surface area (Å²) in [5, 5.41) is 21.7. The van der Waals surface area contributed by atoms with Crippen LogP contribution in [0.4, 0.5) is 0 Å². The second-order valence-electron chi connectivity index (χ2n) is 4.27. The molecule has 1 radical (unpaired) electrons. The molecule has 2 rings (SSSR count). The smallest absolute Gasteiger partial charge is 0.202 e. The normalized spacial score (nSPS) is 19.3. The Morgan fingerprint density at radius 3 is 2.60 bits per heavy atom. The van der Waals surface area contributed by atoms with Crippen LogP contribution in [0.2, 0.25) is 0 Å². The van der Waals surface area contributed by atoms with Crippen LogP contribution in [0.3, 0.4) is 0 Å². The molecule has 0 bridgehead atoms. The van der Waals surface area contributed by atoms with Crippen LogP contribution in [0.15, 0.2) is 17.5 Å². The van der Waals surface area contributed by atoms with Crippen molar-refractivity contribution >= 4 is 11.3 Å². The lowest BCUT2D eigenvalue weighted by Crippen LogP contribution is -2.29. The van der Waals surface area contributed by atoms with Crippen LogP contribution in [-0.4, -0.2) is 10.2 Å². The fraction of sp³-hybridized carbons (Fsp3) is 0.583. The van der Waals surface area contributed by atoms with Crippen molar-refractivity contribution in [3.05, 3.63) is 28.8 Å². The maximum absolute atomic E-state index is 9.94. The van der Waals surface area contributed by atoms with Gasteiger partial charge in [0, 0.05) is 6.42 Å². The molecule has 83 valence electrons. The maximum Gasteiger partial charge on any atom is 0.202 e. The van der Waals surface area contributed by atoms with E-state index in [1.807, 2.05) is 11.4 Å². The highest BCUT2D eigenvalue weighted by atomic mass is 32.1. The Morgan fingerprint density at radius 1 is 1.27 bits per heavy atom. The third-order valence-corrected chi connectivity index (χ3v) is 3.99. The van der Waals surface area contributed by atoms with E-state index in [1.165, 1.54) is 30.6 Å². The number of rotatable bonds is 3. The molecular formula is C12H17O2S. The fourth-order valence-electron chi connectivity index (χ4n) is 2.20.